The molecule has 4 aromatic carbocycles. The number of Topliss-reactive ketones (excluding diaryl/α,β-unsaturated/α-hetero) is 1. The molecule has 4 aliphatic carbocycles. The lowest BCUT2D eigenvalue weighted by molar-refractivity contribution is 0.0734. The third-order valence-electron chi connectivity index (χ3n) is 13.1. The van der Waals surface area contributed by atoms with Crippen LogP contribution in [0.15, 0.2) is 72.8 Å². The molecule has 50 heavy (non-hydrogen) atoms. The minimum absolute atomic E-state index is 0.00126. The molecule has 0 aromatic heterocycles. The summed E-state index contributed by atoms with van der Waals surface area (Å²) in [5.74, 6) is 1.18. The molecule has 0 heterocycles. The van der Waals surface area contributed by atoms with Gasteiger partial charge in [0.1, 0.15) is 11.5 Å². The van der Waals surface area contributed by atoms with Gasteiger partial charge in [-0.2, -0.15) is 0 Å². The normalized spacial score (nSPS) is 25.2. The summed E-state index contributed by atoms with van der Waals surface area (Å²) in [5, 5.41) is 0. The summed E-state index contributed by atoms with van der Waals surface area (Å²) in [7, 11) is 1.73. The van der Waals surface area contributed by atoms with Crippen LogP contribution in [0.5, 0.6) is 11.5 Å². The predicted molar refractivity (Wildman–Crippen MR) is 199 cm³/mol. The molecule has 8 rings (SSSR count). The SMILES string of the molecule is COc1ccc2c(c1)C1(CC2(C)C)CC(C)(C)c2ccc(OC(=O)c3ccc4c(c3)C3(CC(C)(C)c5ccc(C(C)=O)cc53)CC4(C)C)cc21. The van der Waals surface area contributed by atoms with Crippen LogP contribution in [0.25, 0.3) is 0 Å². The summed E-state index contributed by atoms with van der Waals surface area (Å²) in [6, 6.07) is 25.3. The molecule has 2 spiro atoms. The van der Waals surface area contributed by atoms with Gasteiger partial charge in [0.25, 0.3) is 0 Å². The third kappa shape index (κ3) is 4.49. The average Bonchev–Trinajstić information content (AvgIpc) is 3.60. The minimum Gasteiger partial charge on any atom is -0.497 e. The molecule has 4 nitrogen and oxygen atoms in total. The van der Waals surface area contributed by atoms with E-state index in [4.69, 9.17) is 9.47 Å². The van der Waals surface area contributed by atoms with Gasteiger partial charge in [-0.15, -0.1) is 0 Å². The fourth-order valence-electron chi connectivity index (χ4n) is 11.4. The monoisotopic (exact) mass is 666 g/mol. The van der Waals surface area contributed by atoms with Gasteiger partial charge < -0.3 is 9.47 Å². The predicted octanol–water partition coefficient (Wildman–Crippen LogP) is 10.4. The third-order valence-corrected chi connectivity index (χ3v) is 13.1. The molecule has 4 aromatic rings. The van der Waals surface area contributed by atoms with E-state index >= 15 is 0 Å². The van der Waals surface area contributed by atoms with Crippen molar-refractivity contribution < 1.29 is 19.1 Å². The number of fused-ring (bicyclic) bond motifs is 8. The minimum atomic E-state index is -0.345. The van der Waals surface area contributed by atoms with Crippen molar-refractivity contribution in [2.45, 2.75) is 120 Å². The summed E-state index contributed by atoms with van der Waals surface area (Å²) in [6.45, 7) is 20.2. The van der Waals surface area contributed by atoms with E-state index in [1.807, 2.05) is 18.2 Å². The van der Waals surface area contributed by atoms with Crippen molar-refractivity contribution in [3.05, 3.63) is 128 Å². The fraction of sp³-hybridized carbons (Fsp3) is 0.435. The van der Waals surface area contributed by atoms with Crippen LogP contribution in [0.4, 0.5) is 0 Å². The molecule has 0 N–H and O–H groups in total. The van der Waals surface area contributed by atoms with E-state index in [0.29, 0.717) is 11.3 Å². The Balaban J connectivity index is 1.19. The van der Waals surface area contributed by atoms with Crippen LogP contribution in [0, 0.1) is 0 Å². The smallest absolute Gasteiger partial charge is 0.343 e. The summed E-state index contributed by atoms with van der Waals surface area (Å²) >= 11 is 0. The zero-order chi connectivity index (χ0) is 35.8. The van der Waals surface area contributed by atoms with Crippen molar-refractivity contribution in [2.75, 3.05) is 7.11 Å². The number of methoxy groups -OCH3 is 1. The lowest BCUT2D eigenvalue weighted by Gasteiger charge is -2.31. The number of ketones is 1. The molecule has 0 radical (unpaired) electrons. The summed E-state index contributed by atoms with van der Waals surface area (Å²) in [4.78, 5) is 26.7. The van der Waals surface area contributed by atoms with E-state index in [1.165, 1.54) is 44.5 Å². The highest BCUT2D eigenvalue weighted by Gasteiger charge is 2.58. The van der Waals surface area contributed by atoms with Crippen LogP contribution in [0.1, 0.15) is 153 Å². The van der Waals surface area contributed by atoms with Gasteiger partial charge in [0, 0.05) is 16.4 Å². The quantitative estimate of drug-likeness (QED) is 0.124. The Morgan fingerprint density at radius 1 is 0.480 bits per heavy atom. The van der Waals surface area contributed by atoms with Crippen LogP contribution in [-0.4, -0.2) is 18.9 Å². The molecular weight excluding hydrogens is 617 g/mol. The van der Waals surface area contributed by atoms with E-state index in [-0.39, 0.29) is 44.2 Å². The van der Waals surface area contributed by atoms with E-state index in [9.17, 15) is 9.59 Å². The van der Waals surface area contributed by atoms with Crippen LogP contribution in [0.3, 0.4) is 0 Å². The Bertz CT molecular complexity index is 2140. The van der Waals surface area contributed by atoms with Gasteiger partial charge in [0.15, 0.2) is 5.78 Å². The first-order chi connectivity index (χ1) is 23.3. The summed E-state index contributed by atoms with van der Waals surface area (Å²) < 4.78 is 12.0. The Labute approximate surface area is 297 Å². The first-order valence-corrected chi connectivity index (χ1v) is 18.2. The molecule has 0 bridgehead atoms. The maximum atomic E-state index is 14.1. The van der Waals surface area contributed by atoms with Crippen molar-refractivity contribution >= 4 is 11.8 Å². The second-order valence-electron chi connectivity index (χ2n) is 18.5. The second-order valence-corrected chi connectivity index (χ2v) is 18.5. The molecule has 2 atom stereocenters. The molecule has 0 amide bonds. The lowest BCUT2D eigenvalue weighted by atomic mass is 9.72. The topological polar surface area (TPSA) is 52.6 Å². The molecule has 0 saturated heterocycles. The van der Waals surface area contributed by atoms with Crippen LogP contribution < -0.4 is 9.47 Å². The van der Waals surface area contributed by atoms with Crippen molar-refractivity contribution in [1.29, 1.82) is 0 Å². The highest BCUT2D eigenvalue weighted by Crippen LogP contribution is 2.65. The number of ether oxygens (including phenoxy) is 2. The number of rotatable bonds is 4. The van der Waals surface area contributed by atoms with Gasteiger partial charge in [-0.05, 0) is 141 Å². The number of hydrogen-bond acceptors (Lipinski definition) is 4. The first-order valence-electron chi connectivity index (χ1n) is 18.2. The Kier molecular flexibility index (Phi) is 6.74. The zero-order valence-corrected chi connectivity index (χ0v) is 31.4. The highest BCUT2D eigenvalue weighted by atomic mass is 16.5. The molecule has 258 valence electrons. The van der Waals surface area contributed by atoms with Crippen LogP contribution >= 0.6 is 0 Å². The van der Waals surface area contributed by atoms with Gasteiger partial charge in [-0.25, -0.2) is 4.79 Å². The molecule has 0 aliphatic heterocycles. The number of benzene rings is 4. The maximum Gasteiger partial charge on any atom is 0.343 e. The maximum absolute atomic E-state index is 14.1. The van der Waals surface area contributed by atoms with Gasteiger partial charge in [-0.3, -0.25) is 4.79 Å². The van der Waals surface area contributed by atoms with Crippen LogP contribution in [0.2, 0.25) is 0 Å². The van der Waals surface area contributed by atoms with Gasteiger partial charge in [0.05, 0.1) is 12.7 Å². The first kappa shape index (κ1) is 33.0. The number of esters is 1. The van der Waals surface area contributed by atoms with E-state index in [2.05, 4.69) is 110 Å². The standard InChI is InChI=1S/C46H50O4/c1-27(47)28-11-15-32-36(19-28)45(23-41(32,2)3)24-42(4,5)33-16-12-29(20-37(33)45)40(48)50-31-14-18-35-39(22-31)46(26-44(35,8)9)25-43(6,7)34-17-13-30(49-10)21-38(34)46/h11-22H,23-26H2,1-10H3. The number of carbonyl (C=O) groups is 2. The lowest BCUT2D eigenvalue weighted by Crippen LogP contribution is -2.27. The number of hydrogen-bond donors (Lipinski definition) is 0. The Morgan fingerprint density at radius 3 is 1.28 bits per heavy atom. The molecule has 4 heteroatoms. The van der Waals surface area contributed by atoms with Gasteiger partial charge in [0.2, 0.25) is 0 Å². The summed E-state index contributed by atoms with van der Waals surface area (Å²) in [5.41, 5.74) is 10.9. The van der Waals surface area contributed by atoms with E-state index < -0.39 is 0 Å². The molecule has 2 unspecified atom stereocenters. The Hall–Kier alpha value is -4.18. The molecule has 0 saturated carbocycles. The highest BCUT2D eigenvalue weighted by molar-refractivity contribution is 5.95. The van der Waals surface area contributed by atoms with Gasteiger partial charge >= 0.3 is 5.97 Å². The van der Waals surface area contributed by atoms with Crippen LogP contribution in [-0.2, 0) is 32.5 Å². The van der Waals surface area contributed by atoms with Crippen molar-refractivity contribution in [1.82, 2.24) is 0 Å². The van der Waals surface area contributed by atoms with Gasteiger partial charge in [-0.1, -0.05) is 85.7 Å². The molecular formula is C46H50O4. The van der Waals surface area contributed by atoms with E-state index in [1.54, 1.807) is 14.0 Å². The average molecular weight is 667 g/mol. The Morgan fingerprint density at radius 2 is 0.840 bits per heavy atom. The molecule has 4 aliphatic rings. The van der Waals surface area contributed by atoms with Crippen molar-refractivity contribution in [2.24, 2.45) is 0 Å². The second kappa shape index (κ2) is 10.2. The largest absolute Gasteiger partial charge is 0.497 e. The van der Waals surface area contributed by atoms with E-state index in [0.717, 1.165) is 37.0 Å². The van der Waals surface area contributed by atoms with Crippen molar-refractivity contribution in [3.8, 4) is 11.5 Å². The molecule has 0 fully saturated rings. The zero-order valence-electron chi connectivity index (χ0n) is 31.4. The fourth-order valence-corrected chi connectivity index (χ4v) is 11.4. The summed E-state index contributed by atoms with van der Waals surface area (Å²) in [6.07, 6.45) is 3.83. The van der Waals surface area contributed by atoms with Crippen molar-refractivity contribution in [3.63, 3.8) is 0 Å². The number of carbonyl (C=O) groups excluding carboxylic acids is 2.